The third-order valence-electron chi connectivity index (χ3n) is 3.53. The Kier molecular flexibility index (Phi) is 4.88. The zero-order valence-electron chi connectivity index (χ0n) is 13.0. The summed E-state index contributed by atoms with van der Waals surface area (Å²) in [6.07, 6.45) is 3.66. The highest BCUT2D eigenvalue weighted by atomic mass is 35.5. The van der Waals surface area contributed by atoms with Crippen molar-refractivity contribution in [1.29, 1.82) is 0 Å². The van der Waals surface area contributed by atoms with E-state index in [9.17, 15) is 4.79 Å². The van der Waals surface area contributed by atoms with Gasteiger partial charge in [-0.15, -0.1) is 0 Å². The summed E-state index contributed by atoms with van der Waals surface area (Å²) in [6.45, 7) is 0.440. The fraction of sp³-hybridized carbons (Fsp3) is 0.111. The first-order chi connectivity index (χ1) is 11.5. The summed E-state index contributed by atoms with van der Waals surface area (Å²) in [7, 11) is 1.73. The summed E-state index contributed by atoms with van der Waals surface area (Å²) in [6, 6.07) is 14.6. The molecule has 1 heterocycles. The number of carbonyl (C=O) groups is 1. The molecule has 0 bridgehead atoms. The fourth-order valence-electron chi connectivity index (χ4n) is 2.41. The average molecular weight is 360 g/mol. The van der Waals surface area contributed by atoms with Gasteiger partial charge in [-0.05, 0) is 30.3 Å². The van der Waals surface area contributed by atoms with Gasteiger partial charge in [-0.3, -0.25) is 4.79 Å². The second-order valence-corrected chi connectivity index (χ2v) is 6.32. The van der Waals surface area contributed by atoms with Crippen molar-refractivity contribution in [3.8, 4) is 5.69 Å². The summed E-state index contributed by atoms with van der Waals surface area (Å²) in [5, 5.41) is 5.22. The van der Waals surface area contributed by atoms with Gasteiger partial charge in [0.2, 0.25) is 0 Å². The first-order valence-electron chi connectivity index (χ1n) is 7.33. The molecule has 3 aromatic rings. The van der Waals surface area contributed by atoms with Gasteiger partial charge in [0.05, 0.1) is 11.9 Å². The van der Waals surface area contributed by atoms with E-state index in [0.29, 0.717) is 22.2 Å². The first kappa shape index (κ1) is 16.6. The normalized spacial score (nSPS) is 10.6. The van der Waals surface area contributed by atoms with E-state index in [4.69, 9.17) is 23.2 Å². The van der Waals surface area contributed by atoms with Crippen molar-refractivity contribution in [2.75, 3.05) is 7.05 Å². The van der Waals surface area contributed by atoms with Crippen LogP contribution in [0.4, 0.5) is 0 Å². The molecule has 1 aromatic heterocycles. The van der Waals surface area contributed by atoms with Crippen molar-refractivity contribution >= 4 is 29.1 Å². The number of rotatable bonds is 4. The Bertz CT molecular complexity index is 841. The number of hydrogen-bond donors (Lipinski definition) is 0. The monoisotopic (exact) mass is 359 g/mol. The maximum Gasteiger partial charge on any atom is 0.254 e. The zero-order chi connectivity index (χ0) is 17.1. The van der Waals surface area contributed by atoms with Gasteiger partial charge in [0.15, 0.2) is 0 Å². The van der Waals surface area contributed by atoms with E-state index in [1.807, 2.05) is 36.5 Å². The van der Waals surface area contributed by atoms with Crippen molar-refractivity contribution in [2.45, 2.75) is 6.54 Å². The van der Waals surface area contributed by atoms with Crippen LogP contribution in [0.2, 0.25) is 10.0 Å². The molecule has 0 saturated carbocycles. The molecule has 1 amide bonds. The number of aromatic nitrogens is 2. The molecule has 122 valence electrons. The van der Waals surface area contributed by atoms with Gasteiger partial charge >= 0.3 is 0 Å². The molecule has 0 aliphatic rings. The van der Waals surface area contributed by atoms with E-state index < -0.39 is 0 Å². The topological polar surface area (TPSA) is 38.1 Å². The standard InChI is InChI=1S/C18H15Cl2N3O/c1-22(18(24)14-7-15(19)9-16(20)8-14)11-13-10-21-23(12-13)17-5-3-2-4-6-17/h2-10,12H,11H2,1H3. The van der Waals surface area contributed by atoms with E-state index in [-0.39, 0.29) is 5.91 Å². The van der Waals surface area contributed by atoms with Gasteiger partial charge in [0, 0.05) is 41.0 Å². The van der Waals surface area contributed by atoms with Crippen LogP contribution in [0.5, 0.6) is 0 Å². The van der Waals surface area contributed by atoms with Crippen LogP contribution in [0, 0.1) is 0 Å². The number of hydrogen-bond acceptors (Lipinski definition) is 2. The van der Waals surface area contributed by atoms with Crippen molar-refractivity contribution in [1.82, 2.24) is 14.7 Å². The third-order valence-corrected chi connectivity index (χ3v) is 3.97. The number of nitrogens with zero attached hydrogens (tertiary/aromatic N) is 3. The van der Waals surface area contributed by atoms with Crippen molar-refractivity contribution in [3.05, 3.63) is 82.1 Å². The second-order valence-electron chi connectivity index (χ2n) is 5.45. The van der Waals surface area contributed by atoms with E-state index in [1.54, 1.807) is 41.0 Å². The van der Waals surface area contributed by atoms with Crippen molar-refractivity contribution in [2.24, 2.45) is 0 Å². The Hall–Kier alpha value is -2.30. The lowest BCUT2D eigenvalue weighted by molar-refractivity contribution is 0.0785. The predicted octanol–water partition coefficient (Wildman–Crippen LogP) is 4.45. The summed E-state index contributed by atoms with van der Waals surface area (Å²) < 4.78 is 1.78. The van der Waals surface area contributed by atoms with Crippen LogP contribution in [-0.2, 0) is 6.54 Å². The van der Waals surface area contributed by atoms with E-state index >= 15 is 0 Å². The molecule has 0 saturated heterocycles. The molecule has 0 spiro atoms. The SMILES string of the molecule is CN(Cc1cnn(-c2ccccc2)c1)C(=O)c1cc(Cl)cc(Cl)c1. The van der Waals surface area contributed by atoms with Crippen LogP contribution < -0.4 is 0 Å². The molecule has 0 unspecified atom stereocenters. The van der Waals surface area contributed by atoms with Crippen LogP contribution in [0.3, 0.4) is 0 Å². The third kappa shape index (κ3) is 3.78. The van der Waals surface area contributed by atoms with Crippen LogP contribution in [0.25, 0.3) is 5.69 Å². The second kappa shape index (κ2) is 7.07. The molecule has 0 N–H and O–H groups in total. The van der Waals surface area contributed by atoms with Crippen LogP contribution in [0.1, 0.15) is 15.9 Å². The fourth-order valence-corrected chi connectivity index (χ4v) is 2.93. The molecule has 0 fully saturated rings. The molecule has 0 atom stereocenters. The smallest absolute Gasteiger partial charge is 0.254 e. The molecule has 6 heteroatoms. The van der Waals surface area contributed by atoms with E-state index in [1.165, 1.54) is 0 Å². The number of halogens is 2. The molecule has 0 radical (unpaired) electrons. The van der Waals surface area contributed by atoms with E-state index in [2.05, 4.69) is 5.10 Å². The molecule has 4 nitrogen and oxygen atoms in total. The van der Waals surface area contributed by atoms with Gasteiger partial charge in [-0.25, -0.2) is 4.68 Å². The highest BCUT2D eigenvalue weighted by Crippen LogP contribution is 2.20. The summed E-state index contributed by atoms with van der Waals surface area (Å²) in [5.41, 5.74) is 2.37. The van der Waals surface area contributed by atoms with Crippen LogP contribution in [-0.4, -0.2) is 27.6 Å². The highest BCUT2D eigenvalue weighted by molar-refractivity contribution is 6.35. The Labute approximate surface area is 150 Å². The summed E-state index contributed by atoms with van der Waals surface area (Å²) in [4.78, 5) is 14.1. The highest BCUT2D eigenvalue weighted by Gasteiger charge is 2.14. The average Bonchev–Trinajstić information content (AvgIpc) is 3.02. The zero-order valence-corrected chi connectivity index (χ0v) is 14.5. The molecule has 3 rings (SSSR count). The predicted molar refractivity (Wildman–Crippen MR) is 95.8 cm³/mol. The molecule has 24 heavy (non-hydrogen) atoms. The first-order valence-corrected chi connectivity index (χ1v) is 8.09. The molecular formula is C18H15Cl2N3O. The molecule has 2 aromatic carbocycles. The van der Waals surface area contributed by atoms with Gasteiger partial charge in [-0.2, -0.15) is 5.10 Å². The molecule has 0 aliphatic heterocycles. The van der Waals surface area contributed by atoms with E-state index in [0.717, 1.165) is 11.3 Å². The lowest BCUT2D eigenvalue weighted by Crippen LogP contribution is -2.26. The minimum Gasteiger partial charge on any atom is -0.337 e. The maximum absolute atomic E-state index is 12.5. The van der Waals surface area contributed by atoms with Crippen LogP contribution in [0.15, 0.2) is 60.9 Å². The Morgan fingerprint density at radius 3 is 2.46 bits per heavy atom. The molecule has 0 aliphatic carbocycles. The number of benzene rings is 2. The lowest BCUT2D eigenvalue weighted by atomic mass is 10.2. The number of carbonyl (C=O) groups excluding carboxylic acids is 1. The van der Waals surface area contributed by atoms with Gasteiger partial charge in [0.1, 0.15) is 0 Å². The van der Waals surface area contributed by atoms with Crippen LogP contribution >= 0.6 is 23.2 Å². The minimum absolute atomic E-state index is 0.146. The Balaban J connectivity index is 1.74. The maximum atomic E-state index is 12.5. The minimum atomic E-state index is -0.146. The number of para-hydroxylation sites is 1. The summed E-state index contributed by atoms with van der Waals surface area (Å²) >= 11 is 11.9. The lowest BCUT2D eigenvalue weighted by Gasteiger charge is -2.16. The Morgan fingerprint density at radius 2 is 1.79 bits per heavy atom. The quantitative estimate of drug-likeness (QED) is 0.689. The largest absolute Gasteiger partial charge is 0.337 e. The van der Waals surface area contributed by atoms with Gasteiger partial charge in [0.25, 0.3) is 5.91 Å². The summed E-state index contributed by atoms with van der Waals surface area (Å²) in [5.74, 6) is -0.146. The number of amides is 1. The Morgan fingerprint density at radius 1 is 1.12 bits per heavy atom. The van der Waals surface area contributed by atoms with Crippen molar-refractivity contribution in [3.63, 3.8) is 0 Å². The molecular weight excluding hydrogens is 345 g/mol. The van der Waals surface area contributed by atoms with Crippen molar-refractivity contribution < 1.29 is 4.79 Å². The van der Waals surface area contributed by atoms with Gasteiger partial charge in [-0.1, -0.05) is 41.4 Å². The van der Waals surface area contributed by atoms with Gasteiger partial charge < -0.3 is 4.90 Å².